The van der Waals surface area contributed by atoms with Gasteiger partial charge in [-0.15, -0.1) is 0 Å². The summed E-state index contributed by atoms with van der Waals surface area (Å²) < 4.78 is 5.97. The molecule has 0 aliphatic rings. The summed E-state index contributed by atoms with van der Waals surface area (Å²) in [6.45, 7) is 2.89. The summed E-state index contributed by atoms with van der Waals surface area (Å²) >= 11 is 0. The maximum atomic E-state index is 9.30. The molecule has 0 amide bonds. The first-order chi connectivity index (χ1) is 12.7. The molecule has 134 valence electrons. The Morgan fingerprint density at radius 2 is 1.85 bits per heavy atom. The summed E-state index contributed by atoms with van der Waals surface area (Å²) in [6, 6.07) is 19.3. The summed E-state index contributed by atoms with van der Waals surface area (Å²) in [5, 5.41) is 12.6. The van der Waals surface area contributed by atoms with E-state index in [0.717, 1.165) is 34.0 Å². The smallest absolute Gasteiger partial charge is 0.143 e. The van der Waals surface area contributed by atoms with Crippen molar-refractivity contribution in [1.29, 1.82) is 0 Å². The van der Waals surface area contributed by atoms with Crippen LogP contribution in [-0.4, -0.2) is 10.1 Å². The molecule has 26 heavy (non-hydrogen) atoms. The van der Waals surface area contributed by atoms with Gasteiger partial charge in [-0.2, -0.15) is 0 Å². The maximum Gasteiger partial charge on any atom is 0.143 e. The molecule has 0 unspecified atom stereocenters. The molecule has 0 saturated heterocycles. The van der Waals surface area contributed by atoms with Crippen molar-refractivity contribution >= 4 is 11.4 Å². The van der Waals surface area contributed by atoms with E-state index in [2.05, 4.69) is 10.3 Å². The number of anilines is 2. The summed E-state index contributed by atoms with van der Waals surface area (Å²) in [5.41, 5.74) is 11.1. The highest BCUT2D eigenvalue weighted by atomic mass is 16.5. The minimum atomic E-state index is -0.0247. The zero-order valence-electron chi connectivity index (χ0n) is 14.8. The number of nitrogens with one attached hydrogen (secondary N) is 1. The van der Waals surface area contributed by atoms with Gasteiger partial charge in [0.25, 0.3) is 0 Å². The van der Waals surface area contributed by atoms with E-state index in [1.54, 1.807) is 12.1 Å². The Morgan fingerprint density at radius 1 is 1.04 bits per heavy atom. The molecule has 0 radical (unpaired) electrons. The van der Waals surface area contributed by atoms with Crippen molar-refractivity contribution < 1.29 is 9.84 Å². The molecule has 5 heteroatoms. The van der Waals surface area contributed by atoms with Crippen molar-refractivity contribution in [2.45, 2.75) is 26.7 Å². The van der Waals surface area contributed by atoms with Gasteiger partial charge in [-0.05, 0) is 42.3 Å². The van der Waals surface area contributed by atoms with Crippen molar-refractivity contribution in [3.8, 4) is 5.75 Å². The van der Waals surface area contributed by atoms with Crippen molar-refractivity contribution in [2.24, 2.45) is 0 Å². The topological polar surface area (TPSA) is 80.4 Å². The summed E-state index contributed by atoms with van der Waals surface area (Å²) in [4.78, 5) is 4.60. The molecule has 2 aromatic carbocycles. The number of nitrogen functional groups attached to an aromatic ring is 1. The fraction of sp³-hybridized carbons (Fsp3) is 0.190. The van der Waals surface area contributed by atoms with Crippen LogP contribution in [0.3, 0.4) is 0 Å². The van der Waals surface area contributed by atoms with E-state index in [4.69, 9.17) is 10.5 Å². The molecule has 0 atom stereocenters. The van der Waals surface area contributed by atoms with Crippen molar-refractivity contribution in [2.75, 3.05) is 11.1 Å². The van der Waals surface area contributed by atoms with Crippen LogP contribution in [0.5, 0.6) is 5.75 Å². The van der Waals surface area contributed by atoms with E-state index >= 15 is 0 Å². The Hall–Kier alpha value is -3.05. The third kappa shape index (κ3) is 4.52. The normalized spacial score (nSPS) is 10.5. The molecule has 0 aliphatic carbocycles. The minimum absolute atomic E-state index is 0.0247. The van der Waals surface area contributed by atoms with Gasteiger partial charge >= 0.3 is 0 Å². The highest BCUT2D eigenvalue weighted by Crippen LogP contribution is 2.24. The van der Waals surface area contributed by atoms with Gasteiger partial charge in [0, 0.05) is 5.69 Å². The van der Waals surface area contributed by atoms with Crippen LogP contribution in [0, 0.1) is 6.92 Å². The molecule has 0 aliphatic heterocycles. The highest BCUT2D eigenvalue weighted by Gasteiger charge is 2.08. The second-order valence-corrected chi connectivity index (χ2v) is 6.11. The van der Waals surface area contributed by atoms with Gasteiger partial charge in [0.05, 0.1) is 24.5 Å². The Morgan fingerprint density at radius 3 is 2.62 bits per heavy atom. The lowest BCUT2D eigenvalue weighted by atomic mass is 10.1. The molecule has 5 nitrogen and oxygen atoms in total. The van der Waals surface area contributed by atoms with E-state index in [9.17, 15) is 5.11 Å². The average molecular weight is 349 g/mol. The maximum absolute atomic E-state index is 9.30. The molecule has 0 fully saturated rings. The second kappa shape index (κ2) is 8.36. The molecule has 1 aromatic heterocycles. The van der Waals surface area contributed by atoms with Crippen LogP contribution in [0.1, 0.15) is 22.5 Å². The van der Waals surface area contributed by atoms with E-state index < -0.39 is 0 Å². The monoisotopic (exact) mass is 349 g/mol. The standard InChI is InChI=1S/C21H23N3O2/c1-15-7-10-21(26-14-16-5-3-2-4-6-16)20(24-15)12-23-19-11-17(13-25)8-9-18(19)22/h2-11,23,25H,12-14,22H2,1H3. The molecule has 0 spiro atoms. The van der Waals surface area contributed by atoms with Crippen LogP contribution in [0.15, 0.2) is 60.7 Å². The van der Waals surface area contributed by atoms with Gasteiger partial charge in [-0.25, -0.2) is 0 Å². The number of benzene rings is 2. The van der Waals surface area contributed by atoms with Crippen molar-refractivity contribution in [1.82, 2.24) is 4.98 Å². The molecular weight excluding hydrogens is 326 g/mol. The van der Waals surface area contributed by atoms with Crippen LogP contribution in [0.4, 0.5) is 11.4 Å². The van der Waals surface area contributed by atoms with Crippen LogP contribution < -0.4 is 15.8 Å². The van der Waals surface area contributed by atoms with Crippen LogP contribution in [0.25, 0.3) is 0 Å². The van der Waals surface area contributed by atoms with Gasteiger partial charge in [0.1, 0.15) is 18.1 Å². The first-order valence-electron chi connectivity index (χ1n) is 8.52. The Labute approximate surface area is 153 Å². The number of rotatable bonds is 7. The van der Waals surface area contributed by atoms with Crippen LogP contribution in [0.2, 0.25) is 0 Å². The Kier molecular flexibility index (Phi) is 5.71. The largest absolute Gasteiger partial charge is 0.487 e. The first kappa shape index (κ1) is 17.8. The molecule has 4 N–H and O–H groups in total. The van der Waals surface area contributed by atoms with Gasteiger partial charge in [-0.3, -0.25) is 4.98 Å². The summed E-state index contributed by atoms with van der Waals surface area (Å²) in [7, 11) is 0. The number of nitrogens with two attached hydrogens (primary N) is 1. The zero-order chi connectivity index (χ0) is 18.4. The Balaban J connectivity index is 1.73. The van der Waals surface area contributed by atoms with Crippen LogP contribution in [-0.2, 0) is 19.8 Å². The summed E-state index contributed by atoms with van der Waals surface area (Å²) in [6.07, 6.45) is 0. The quantitative estimate of drug-likeness (QED) is 0.567. The molecule has 1 heterocycles. The minimum Gasteiger partial charge on any atom is -0.487 e. The first-order valence-corrected chi connectivity index (χ1v) is 8.52. The fourth-order valence-corrected chi connectivity index (χ4v) is 2.62. The van der Waals surface area contributed by atoms with E-state index in [1.165, 1.54) is 0 Å². The van der Waals surface area contributed by atoms with E-state index in [-0.39, 0.29) is 6.61 Å². The third-order valence-corrected chi connectivity index (χ3v) is 4.06. The number of nitrogens with zero attached hydrogens (tertiary/aromatic N) is 1. The molecule has 3 aromatic rings. The second-order valence-electron chi connectivity index (χ2n) is 6.11. The number of aromatic nitrogens is 1. The number of aliphatic hydroxyl groups excluding tert-OH is 1. The third-order valence-electron chi connectivity index (χ3n) is 4.06. The van der Waals surface area contributed by atoms with Gasteiger partial charge in [-0.1, -0.05) is 36.4 Å². The number of hydrogen-bond donors (Lipinski definition) is 3. The lowest BCUT2D eigenvalue weighted by Crippen LogP contribution is -2.08. The number of aliphatic hydroxyl groups is 1. The predicted octanol–water partition coefficient (Wildman–Crippen LogP) is 3.66. The molecule has 0 saturated carbocycles. The lowest BCUT2D eigenvalue weighted by molar-refractivity contribution is 0.282. The zero-order valence-corrected chi connectivity index (χ0v) is 14.8. The number of pyridine rings is 1. The van der Waals surface area contributed by atoms with E-state index in [1.807, 2.05) is 55.5 Å². The average Bonchev–Trinajstić information content (AvgIpc) is 2.67. The predicted molar refractivity (Wildman–Crippen MR) is 104 cm³/mol. The number of aryl methyl sites for hydroxylation is 1. The van der Waals surface area contributed by atoms with Gasteiger partial charge in [0.15, 0.2) is 0 Å². The number of ether oxygens (including phenoxy) is 1. The molecule has 0 bridgehead atoms. The molecular formula is C21H23N3O2. The fourth-order valence-electron chi connectivity index (χ4n) is 2.62. The number of hydrogen-bond acceptors (Lipinski definition) is 5. The highest BCUT2D eigenvalue weighted by molar-refractivity contribution is 5.67. The van der Waals surface area contributed by atoms with Gasteiger partial charge < -0.3 is 20.9 Å². The van der Waals surface area contributed by atoms with Crippen molar-refractivity contribution in [3.05, 3.63) is 83.2 Å². The van der Waals surface area contributed by atoms with Gasteiger partial charge in [0.2, 0.25) is 0 Å². The van der Waals surface area contributed by atoms with Crippen LogP contribution >= 0.6 is 0 Å². The Bertz CT molecular complexity index is 866. The molecule has 3 rings (SSSR count). The van der Waals surface area contributed by atoms with Crippen molar-refractivity contribution in [3.63, 3.8) is 0 Å². The SMILES string of the molecule is Cc1ccc(OCc2ccccc2)c(CNc2cc(CO)ccc2N)n1. The van der Waals surface area contributed by atoms with E-state index in [0.29, 0.717) is 18.8 Å². The summed E-state index contributed by atoms with van der Waals surface area (Å²) in [5.74, 6) is 0.740. The lowest BCUT2D eigenvalue weighted by Gasteiger charge is -2.14.